The zero-order valence-electron chi connectivity index (χ0n) is 18.6. The molecule has 1 aliphatic rings. The van der Waals surface area contributed by atoms with Gasteiger partial charge >= 0.3 is 0 Å². The van der Waals surface area contributed by atoms with Gasteiger partial charge in [-0.15, -0.1) is 0 Å². The van der Waals surface area contributed by atoms with Gasteiger partial charge in [-0.1, -0.05) is 37.5 Å². The zero-order valence-corrected chi connectivity index (χ0v) is 18.6. The third-order valence-electron chi connectivity index (χ3n) is 6.34. The first-order valence-electron chi connectivity index (χ1n) is 11.5. The summed E-state index contributed by atoms with van der Waals surface area (Å²) in [4.78, 5) is 17.3. The molecule has 5 rings (SSSR count). The predicted molar refractivity (Wildman–Crippen MR) is 125 cm³/mol. The van der Waals surface area contributed by atoms with Crippen LogP contribution in [-0.4, -0.2) is 15.5 Å². The number of benzene rings is 2. The lowest BCUT2D eigenvalue weighted by atomic mass is 9.95. The highest BCUT2D eigenvalue weighted by molar-refractivity contribution is 5.92. The number of furan rings is 1. The second kappa shape index (κ2) is 9.63. The quantitative estimate of drug-likeness (QED) is 0.355. The zero-order chi connectivity index (χ0) is 23.5. The average molecular weight is 462 g/mol. The fourth-order valence-electron chi connectivity index (χ4n) is 4.55. The summed E-state index contributed by atoms with van der Waals surface area (Å²) in [5.74, 6) is -0.472. The van der Waals surface area contributed by atoms with Crippen molar-refractivity contribution in [2.45, 2.75) is 44.7 Å². The van der Waals surface area contributed by atoms with Crippen LogP contribution in [0.2, 0.25) is 0 Å². The van der Waals surface area contributed by atoms with E-state index in [1.165, 1.54) is 24.6 Å². The maximum absolute atomic E-state index is 13.9. The molecule has 1 fully saturated rings. The summed E-state index contributed by atoms with van der Waals surface area (Å²) in [6, 6.07) is 16.2. The van der Waals surface area contributed by atoms with E-state index in [-0.39, 0.29) is 30.0 Å². The Morgan fingerprint density at radius 1 is 1.00 bits per heavy atom. The van der Waals surface area contributed by atoms with E-state index < -0.39 is 5.91 Å². The van der Waals surface area contributed by atoms with Gasteiger partial charge in [0.2, 0.25) is 0 Å². The Hall–Kier alpha value is -3.74. The van der Waals surface area contributed by atoms with Gasteiger partial charge in [0.05, 0.1) is 12.0 Å². The molecule has 0 aliphatic heterocycles. The first kappa shape index (κ1) is 22.1. The molecule has 5 nitrogen and oxygen atoms in total. The van der Waals surface area contributed by atoms with E-state index in [9.17, 15) is 13.6 Å². The fourth-order valence-corrected chi connectivity index (χ4v) is 4.55. The highest BCUT2D eigenvalue weighted by Crippen LogP contribution is 2.38. The summed E-state index contributed by atoms with van der Waals surface area (Å²) >= 11 is 0. The molecule has 174 valence electrons. The van der Waals surface area contributed by atoms with Crippen molar-refractivity contribution in [1.82, 2.24) is 14.9 Å². The van der Waals surface area contributed by atoms with Crippen LogP contribution in [0.3, 0.4) is 0 Å². The van der Waals surface area contributed by atoms with Crippen molar-refractivity contribution in [3.8, 4) is 22.7 Å². The van der Waals surface area contributed by atoms with Gasteiger partial charge in [-0.25, -0.2) is 13.8 Å². The largest absolute Gasteiger partial charge is 0.449 e. The van der Waals surface area contributed by atoms with Crippen LogP contribution in [0.25, 0.3) is 22.7 Å². The predicted octanol–water partition coefficient (Wildman–Crippen LogP) is 6.52. The molecule has 1 N–H and O–H groups in total. The number of rotatable bonds is 6. The third-order valence-corrected chi connectivity index (χ3v) is 6.34. The van der Waals surface area contributed by atoms with Crippen molar-refractivity contribution in [3.63, 3.8) is 0 Å². The van der Waals surface area contributed by atoms with E-state index in [1.807, 2.05) is 6.33 Å². The van der Waals surface area contributed by atoms with Gasteiger partial charge in [-0.2, -0.15) is 0 Å². The van der Waals surface area contributed by atoms with Crippen LogP contribution in [0.15, 0.2) is 71.4 Å². The van der Waals surface area contributed by atoms with Crippen molar-refractivity contribution < 1.29 is 18.0 Å². The van der Waals surface area contributed by atoms with Crippen LogP contribution in [0.4, 0.5) is 8.78 Å². The molecular formula is C27H25F2N3O2. The number of imidazole rings is 1. The number of amides is 1. The minimum atomic E-state index is -0.429. The number of carbonyl (C=O) groups is 1. The first-order chi connectivity index (χ1) is 16.6. The number of halogens is 2. The minimum absolute atomic E-state index is 0.0579. The Labute approximate surface area is 196 Å². The van der Waals surface area contributed by atoms with Gasteiger partial charge in [0.25, 0.3) is 5.91 Å². The molecule has 1 amide bonds. The molecular weight excluding hydrogens is 436 g/mol. The van der Waals surface area contributed by atoms with Crippen LogP contribution in [0.5, 0.6) is 0 Å². The number of hydrogen-bond acceptors (Lipinski definition) is 3. The van der Waals surface area contributed by atoms with Crippen molar-refractivity contribution in [2.24, 2.45) is 0 Å². The molecule has 0 atom stereocenters. The van der Waals surface area contributed by atoms with Gasteiger partial charge in [-0.3, -0.25) is 4.79 Å². The lowest BCUT2D eigenvalue weighted by Gasteiger charge is -2.24. The Morgan fingerprint density at radius 3 is 2.53 bits per heavy atom. The lowest BCUT2D eigenvalue weighted by molar-refractivity contribution is 0.0923. The molecule has 1 aliphatic carbocycles. The van der Waals surface area contributed by atoms with E-state index in [4.69, 9.17) is 4.42 Å². The van der Waals surface area contributed by atoms with Crippen LogP contribution >= 0.6 is 0 Å². The SMILES string of the molecule is O=C(NCc1ccccc1F)c1ccc(-c2c(-c3ccc(F)cc3)ncn2C2CCCCC2)o1. The molecule has 0 spiro atoms. The number of nitrogens with zero attached hydrogens (tertiary/aromatic N) is 2. The Bertz CT molecular complexity index is 1290. The summed E-state index contributed by atoms with van der Waals surface area (Å²) < 4.78 is 35.5. The van der Waals surface area contributed by atoms with Gasteiger partial charge in [-0.05, 0) is 55.3 Å². The molecule has 4 aromatic rings. The fraction of sp³-hybridized carbons (Fsp3) is 0.259. The first-order valence-corrected chi connectivity index (χ1v) is 11.5. The van der Waals surface area contributed by atoms with Gasteiger partial charge in [0, 0.05) is 23.7 Å². The van der Waals surface area contributed by atoms with E-state index >= 15 is 0 Å². The van der Waals surface area contributed by atoms with E-state index in [0.717, 1.165) is 36.9 Å². The van der Waals surface area contributed by atoms with E-state index in [1.54, 1.807) is 42.5 Å². The summed E-state index contributed by atoms with van der Waals surface area (Å²) in [6.45, 7) is 0.0579. The van der Waals surface area contributed by atoms with Crippen molar-refractivity contribution in [3.05, 3.63) is 89.9 Å². The number of nitrogens with one attached hydrogen (secondary N) is 1. The Kier molecular flexibility index (Phi) is 6.25. The van der Waals surface area contributed by atoms with Crippen LogP contribution in [0.1, 0.15) is 54.3 Å². The second-order valence-corrected chi connectivity index (χ2v) is 8.59. The maximum atomic E-state index is 13.9. The number of aromatic nitrogens is 2. The minimum Gasteiger partial charge on any atom is -0.449 e. The molecule has 34 heavy (non-hydrogen) atoms. The van der Waals surface area contributed by atoms with Crippen LogP contribution in [-0.2, 0) is 6.54 Å². The molecule has 2 aromatic carbocycles. The highest BCUT2D eigenvalue weighted by Gasteiger charge is 2.25. The summed E-state index contributed by atoms with van der Waals surface area (Å²) in [5.41, 5.74) is 2.62. The van der Waals surface area contributed by atoms with Gasteiger partial charge in [0.15, 0.2) is 11.5 Å². The van der Waals surface area contributed by atoms with Gasteiger partial charge < -0.3 is 14.3 Å². The molecule has 0 bridgehead atoms. The summed E-state index contributed by atoms with van der Waals surface area (Å²) in [7, 11) is 0. The molecule has 1 saturated carbocycles. The Balaban J connectivity index is 1.45. The normalized spacial score (nSPS) is 14.3. The smallest absolute Gasteiger partial charge is 0.287 e. The van der Waals surface area contributed by atoms with Crippen molar-refractivity contribution in [2.75, 3.05) is 0 Å². The monoisotopic (exact) mass is 461 g/mol. The standard InChI is InChI=1S/C27H25F2N3O2/c28-20-12-10-18(11-13-20)25-26(32(17-31-25)21-7-2-1-3-8-21)23-14-15-24(34-23)27(33)30-16-19-6-4-5-9-22(19)29/h4-6,9-15,17,21H,1-3,7-8,16H2,(H,30,33). The summed E-state index contributed by atoms with van der Waals surface area (Å²) in [6.07, 6.45) is 7.42. The van der Waals surface area contributed by atoms with E-state index in [0.29, 0.717) is 17.0 Å². The molecule has 0 radical (unpaired) electrons. The van der Waals surface area contributed by atoms with Crippen LogP contribution < -0.4 is 5.32 Å². The van der Waals surface area contributed by atoms with Crippen LogP contribution in [0, 0.1) is 11.6 Å². The Morgan fingerprint density at radius 2 is 1.76 bits per heavy atom. The second-order valence-electron chi connectivity index (χ2n) is 8.59. The van der Waals surface area contributed by atoms with Gasteiger partial charge in [0.1, 0.15) is 17.3 Å². The van der Waals surface area contributed by atoms with Crippen molar-refractivity contribution in [1.29, 1.82) is 0 Å². The maximum Gasteiger partial charge on any atom is 0.287 e. The van der Waals surface area contributed by atoms with Crippen molar-refractivity contribution >= 4 is 5.91 Å². The molecule has 2 aromatic heterocycles. The topological polar surface area (TPSA) is 60.1 Å². The molecule has 7 heteroatoms. The third kappa shape index (κ3) is 4.51. The molecule has 0 saturated heterocycles. The highest BCUT2D eigenvalue weighted by atomic mass is 19.1. The number of carbonyl (C=O) groups excluding carboxylic acids is 1. The lowest BCUT2D eigenvalue weighted by Crippen LogP contribution is -2.22. The van der Waals surface area contributed by atoms with E-state index in [2.05, 4.69) is 14.9 Å². The molecule has 0 unspecified atom stereocenters. The molecule has 2 heterocycles. The number of hydrogen-bond donors (Lipinski definition) is 1. The summed E-state index contributed by atoms with van der Waals surface area (Å²) in [5, 5.41) is 2.71. The average Bonchev–Trinajstić information content (AvgIpc) is 3.52.